The van der Waals surface area contributed by atoms with Gasteiger partial charge >= 0.3 is 11.9 Å². The lowest BCUT2D eigenvalue weighted by Gasteiger charge is -2.03. The van der Waals surface area contributed by atoms with Crippen molar-refractivity contribution in [2.45, 2.75) is 27.7 Å². The summed E-state index contributed by atoms with van der Waals surface area (Å²) in [7, 11) is 0. The van der Waals surface area contributed by atoms with Gasteiger partial charge in [0.1, 0.15) is 0 Å². The van der Waals surface area contributed by atoms with Crippen molar-refractivity contribution >= 4 is 17.7 Å². The Labute approximate surface area is 123 Å². The molecule has 1 aromatic rings. The van der Waals surface area contributed by atoms with Crippen LogP contribution in [0.25, 0.3) is 0 Å². The lowest BCUT2D eigenvalue weighted by molar-refractivity contribution is -0.136. The number of allylic oxidation sites excluding steroid dienone is 1. The number of esters is 2. The smallest absolute Gasteiger partial charge is 0.340 e. The fraction of sp³-hybridized carbons (Fsp3) is 0.400. The molecule has 21 heavy (non-hydrogen) atoms. The molecule has 0 aromatic carbocycles. The molecule has 0 aliphatic rings. The largest absolute Gasteiger partial charge is 0.462 e. The van der Waals surface area contributed by atoms with Gasteiger partial charge in [-0.25, -0.2) is 9.59 Å². The van der Waals surface area contributed by atoms with Gasteiger partial charge in [0, 0.05) is 11.8 Å². The van der Waals surface area contributed by atoms with Crippen molar-refractivity contribution in [1.82, 2.24) is 4.98 Å². The minimum absolute atomic E-state index is 0.254. The van der Waals surface area contributed by atoms with Crippen LogP contribution in [0, 0.1) is 13.8 Å². The number of hydrogen-bond donors (Lipinski definition) is 1. The first kappa shape index (κ1) is 16.7. The maximum Gasteiger partial charge on any atom is 0.340 e. The zero-order chi connectivity index (χ0) is 16.0. The summed E-state index contributed by atoms with van der Waals surface area (Å²) in [5.41, 5.74) is 1.65. The molecule has 0 amide bonds. The van der Waals surface area contributed by atoms with Gasteiger partial charge in [0.2, 0.25) is 5.78 Å². The minimum atomic E-state index is -0.586. The molecule has 6 nitrogen and oxygen atoms in total. The summed E-state index contributed by atoms with van der Waals surface area (Å²) < 4.78 is 9.75. The molecule has 0 atom stereocenters. The van der Waals surface area contributed by atoms with Crippen molar-refractivity contribution < 1.29 is 23.9 Å². The van der Waals surface area contributed by atoms with Crippen molar-refractivity contribution in [1.29, 1.82) is 0 Å². The molecule has 114 valence electrons. The molecule has 6 heteroatoms. The number of carbonyl (C=O) groups is 3. The zero-order valence-corrected chi connectivity index (χ0v) is 12.6. The lowest BCUT2D eigenvalue weighted by atomic mass is 10.1. The number of H-pyrrole nitrogens is 1. The van der Waals surface area contributed by atoms with Crippen LogP contribution in [-0.4, -0.2) is 35.9 Å². The molecule has 0 bridgehead atoms. The van der Waals surface area contributed by atoms with Crippen LogP contribution >= 0.6 is 0 Å². The standard InChI is InChI=1S/C15H19NO5/c1-5-7-12(18)21-8-11(17)14-9(3)13(10(4)16-14)15(19)20-6-2/h5,7,16H,6,8H2,1-4H3/b7-5+. The van der Waals surface area contributed by atoms with Gasteiger partial charge in [0.25, 0.3) is 0 Å². The highest BCUT2D eigenvalue weighted by atomic mass is 16.5. The van der Waals surface area contributed by atoms with E-state index in [1.807, 2.05) is 0 Å². The number of hydrogen-bond acceptors (Lipinski definition) is 5. The molecule has 1 heterocycles. The second-order valence-corrected chi connectivity index (χ2v) is 4.38. The number of aryl methyl sites for hydroxylation is 1. The second kappa shape index (κ2) is 7.42. The van der Waals surface area contributed by atoms with Crippen LogP contribution in [0.1, 0.15) is 46.0 Å². The fourth-order valence-electron chi connectivity index (χ4n) is 1.93. The number of ether oxygens (including phenoxy) is 2. The molecule has 0 radical (unpaired) electrons. The van der Waals surface area contributed by atoms with Crippen molar-refractivity contribution in [3.8, 4) is 0 Å². The molecular formula is C15H19NO5. The summed E-state index contributed by atoms with van der Waals surface area (Å²) in [5, 5.41) is 0. The summed E-state index contributed by atoms with van der Waals surface area (Å²) >= 11 is 0. The first-order valence-corrected chi connectivity index (χ1v) is 6.61. The van der Waals surface area contributed by atoms with Crippen LogP contribution in [0.5, 0.6) is 0 Å². The van der Waals surface area contributed by atoms with Crippen molar-refractivity contribution in [3.63, 3.8) is 0 Å². The second-order valence-electron chi connectivity index (χ2n) is 4.38. The van der Waals surface area contributed by atoms with Gasteiger partial charge in [0.15, 0.2) is 6.61 Å². The first-order valence-electron chi connectivity index (χ1n) is 6.61. The highest BCUT2D eigenvalue weighted by Gasteiger charge is 2.23. The van der Waals surface area contributed by atoms with Crippen molar-refractivity contribution in [2.75, 3.05) is 13.2 Å². The summed E-state index contributed by atoms with van der Waals surface area (Å²) in [5.74, 6) is -1.46. The summed E-state index contributed by atoms with van der Waals surface area (Å²) in [6, 6.07) is 0. The Bertz CT molecular complexity index is 583. The predicted molar refractivity (Wildman–Crippen MR) is 76.3 cm³/mol. The van der Waals surface area contributed by atoms with Gasteiger partial charge in [-0.05, 0) is 33.3 Å². The average Bonchev–Trinajstić information content (AvgIpc) is 2.72. The Hall–Kier alpha value is -2.37. The van der Waals surface area contributed by atoms with Gasteiger partial charge in [-0.3, -0.25) is 4.79 Å². The van der Waals surface area contributed by atoms with E-state index in [0.717, 1.165) is 0 Å². The average molecular weight is 293 g/mol. The molecular weight excluding hydrogens is 274 g/mol. The molecule has 0 aliphatic carbocycles. The number of Topliss-reactive ketones (excluding diaryl/α,β-unsaturated/α-hetero) is 1. The zero-order valence-electron chi connectivity index (χ0n) is 12.6. The molecule has 1 aromatic heterocycles. The molecule has 0 spiro atoms. The first-order chi connectivity index (χ1) is 9.92. The number of rotatable bonds is 6. The van der Waals surface area contributed by atoms with Gasteiger partial charge in [-0.2, -0.15) is 0 Å². The topological polar surface area (TPSA) is 85.5 Å². The van der Waals surface area contributed by atoms with Crippen LogP contribution in [0.2, 0.25) is 0 Å². The van der Waals surface area contributed by atoms with E-state index in [4.69, 9.17) is 9.47 Å². The molecule has 0 aliphatic heterocycles. The van der Waals surface area contributed by atoms with E-state index in [1.165, 1.54) is 12.2 Å². The highest BCUT2D eigenvalue weighted by molar-refractivity contribution is 6.02. The Morgan fingerprint density at radius 1 is 1.19 bits per heavy atom. The monoisotopic (exact) mass is 293 g/mol. The Morgan fingerprint density at radius 3 is 2.43 bits per heavy atom. The maximum atomic E-state index is 12.0. The van der Waals surface area contributed by atoms with Crippen molar-refractivity contribution in [3.05, 3.63) is 34.7 Å². The highest BCUT2D eigenvalue weighted by Crippen LogP contribution is 2.19. The van der Waals surface area contributed by atoms with E-state index in [9.17, 15) is 14.4 Å². The van der Waals surface area contributed by atoms with E-state index < -0.39 is 17.7 Å². The van der Waals surface area contributed by atoms with E-state index in [-0.39, 0.29) is 18.9 Å². The third kappa shape index (κ3) is 4.05. The van der Waals surface area contributed by atoms with Gasteiger partial charge in [-0.1, -0.05) is 6.08 Å². The summed E-state index contributed by atoms with van der Waals surface area (Å²) in [4.78, 5) is 37.9. The summed E-state index contributed by atoms with van der Waals surface area (Å²) in [6.07, 6.45) is 2.75. The fourth-order valence-corrected chi connectivity index (χ4v) is 1.93. The quantitative estimate of drug-likeness (QED) is 0.493. The predicted octanol–water partition coefficient (Wildman–Crippen LogP) is 2.11. The number of nitrogens with one attached hydrogen (secondary N) is 1. The molecule has 0 saturated carbocycles. The Morgan fingerprint density at radius 2 is 1.86 bits per heavy atom. The number of ketones is 1. The molecule has 0 fully saturated rings. The number of carbonyl (C=O) groups excluding carboxylic acids is 3. The SMILES string of the molecule is C/C=C/C(=O)OCC(=O)c1[nH]c(C)c(C(=O)OCC)c1C. The number of aromatic nitrogens is 1. The normalized spacial score (nSPS) is 10.7. The van der Waals surface area contributed by atoms with Gasteiger partial charge in [0.05, 0.1) is 17.9 Å². The van der Waals surface area contributed by atoms with E-state index in [2.05, 4.69) is 4.98 Å². The maximum absolute atomic E-state index is 12.0. The van der Waals surface area contributed by atoms with Gasteiger partial charge in [-0.15, -0.1) is 0 Å². The van der Waals surface area contributed by atoms with Gasteiger partial charge < -0.3 is 14.5 Å². The van der Waals surface area contributed by atoms with Crippen LogP contribution in [0.3, 0.4) is 0 Å². The van der Waals surface area contributed by atoms with Crippen molar-refractivity contribution in [2.24, 2.45) is 0 Å². The molecule has 1 rings (SSSR count). The van der Waals surface area contributed by atoms with Crippen LogP contribution in [0.4, 0.5) is 0 Å². The molecule has 1 N–H and O–H groups in total. The number of aromatic amines is 1. The van der Waals surface area contributed by atoms with Crippen LogP contribution in [0.15, 0.2) is 12.2 Å². The summed E-state index contributed by atoms with van der Waals surface area (Å²) in [6.45, 7) is 6.59. The Kier molecular flexibility index (Phi) is 5.90. The Balaban J connectivity index is 2.89. The minimum Gasteiger partial charge on any atom is -0.462 e. The molecule has 0 saturated heterocycles. The lowest BCUT2D eigenvalue weighted by Crippen LogP contribution is -2.14. The molecule has 0 unspecified atom stereocenters. The van der Waals surface area contributed by atoms with E-state index in [0.29, 0.717) is 16.8 Å². The third-order valence-electron chi connectivity index (χ3n) is 2.84. The van der Waals surface area contributed by atoms with E-state index in [1.54, 1.807) is 27.7 Å². The van der Waals surface area contributed by atoms with E-state index >= 15 is 0 Å². The van der Waals surface area contributed by atoms with Crippen LogP contribution < -0.4 is 0 Å². The van der Waals surface area contributed by atoms with Crippen LogP contribution in [-0.2, 0) is 14.3 Å². The third-order valence-corrected chi connectivity index (χ3v) is 2.84.